The Balaban J connectivity index is 1.68. The molecule has 0 atom stereocenters. The van der Waals surface area contributed by atoms with Crippen molar-refractivity contribution >= 4 is 17.2 Å². The minimum absolute atomic E-state index is 0.000766. The van der Waals surface area contributed by atoms with Gasteiger partial charge in [0.25, 0.3) is 5.56 Å². The van der Waals surface area contributed by atoms with Crippen LogP contribution in [0.4, 0.5) is 5.69 Å². The molecule has 1 heterocycles. The fraction of sp³-hybridized carbons (Fsp3) is 0.348. The number of aliphatic hydroxyl groups excluding tert-OH is 1. The molecule has 1 aromatic heterocycles. The lowest BCUT2D eigenvalue weighted by molar-refractivity contribution is 0.279. The lowest BCUT2D eigenvalue weighted by atomic mass is 10.1. The second-order valence-corrected chi connectivity index (χ2v) is 8.82. The minimum Gasteiger partial charge on any atom is -0.494 e. The maximum atomic E-state index is 13.0. The minimum atomic E-state index is -0.272. The number of ether oxygens (including phenoxy) is 1. The van der Waals surface area contributed by atoms with E-state index >= 15 is 0 Å². The van der Waals surface area contributed by atoms with Crippen LogP contribution in [0.5, 0.6) is 5.75 Å². The number of hydrogen-bond donors (Lipinski definition) is 2. The van der Waals surface area contributed by atoms with Gasteiger partial charge in [0.05, 0.1) is 23.6 Å². The van der Waals surface area contributed by atoms with Crippen LogP contribution < -0.4 is 15.6 Å². The first-order valence-electron chi connectivity index (χ1n) is 9.79. The maximum absolute atomic E-state index is 13.0. The molecule has 0 aliphatic heterocycles. The molecule has 0 aliphatic carbocycles. The van der Waals surface area contributed by atoms with Crippen molar-refractivity contribution in [3.05, 3.63) is 70.5 Å². The highest BCUT2D eigenvalue weighted by Gasteiger charge is 2.23. The number of anilines is 1. The van der Waals surface area contributed by atoms with Gasteiger partial charge in [-0.05, 0) is 50.5 Å². The van der Waals surface area contributed by atoms with E-state index in [4.69, 9.17) is 4.74 Å². The summed E-state index contributed by atoms with van der Waals surface area (Å²) in [6, 6.07) is 17.4. The molecule has 0 saturated heterocycles. The zero-order chi connectivity index (χ0) is 20.9. The van der Waals surface area contributed by atoms with Crippen molar-refractivity contribution in [2.75, 3.05) is 18.5 Å². The fourth-order valence-electron chi connectivity index (χ4n) is 2.97. The van der Waals surface area contributed by atoms with Gasteiger partial charge in [0.15, 0.2) is 0 Å². The summed E-state index contributed by atoms with van der Waals surface area (Å²) in [5.74, 6) is 0.743. The highest BCUT2D eigenvalue weighted by molar-refractivity contribution is 7.11. The lowest BCUT2D eigenvalue weighted by Crippen LogP contribution is -2.30. The molecule has 3 rings (SSSR count). The third-order valence-electron chi connectivity index (χ3n) is 4.43. The van der Waals surface area contributed by atoms with E-state index < -0.39 is 0 Å². The van der Waals surface area contributed by atoms with Gasteiger partial charge in [-0.2, -0.15) is 0 Å². The molecule has 5 nitrogen and oxygen atoms in total. The number of nitrogens with one attached hydrogen (secondary N) is 1. The summed E-state index contributed by atoms with van der Waals surface area (Å²) in [6.07, 6.45) is 0.752. The van der Waals surface area contributed by atoms with Crippen LogP contribution in [0.25, 0.3) is 10.4 Å². The zero-order valence-electron chi connectivity index (χ0n) is 17.1. The van der Waals surface area contributed by atoms with E-state index in [1.807, 2.05) is 79.3 Å². The van der Waals surface area contributed by atoms with Crippen LogP contribution in [-0.4, -0.2) is 22.2 Å². The average Bonchev–Trinajstić information content (AvgIpc) is 3.05. The molecule has 0 fully saturated rings. The standard InChI is InChI=1S/C23H28N2O3S/c1-23(2,3)25-22(27)20(21(29-25)18-10-5-4-6-11-18)24-13-8-14-28-19-12-7-9-17(15-19)16-26/h4-7,9-12,15,24,26H,8,13-14,16H2,1-3H3. The largest absolute Gasteiger partial charge is 0.494 e. The second-order valence-electron chi connectivity index (χ2n) is 7.87. The molecule has 0 saturated carbocycles. The summed E-state index contributed by atoms with van der Waals surface area (Å²) in [5.41, 5.74) is 2.26. The molecule has 0 aliphatic rings. The van der Waals surface area contributed by atoms with Gasteiger partial charge in [-0.25, -0.2) is 0 Å². The Kier molecular flexibility index (Phi) is 6.77. The van der Waals surface area contributed by atoms with Gasteiger partial charge in [-0.1, -0.05) is 54.0 Å². The van der Waals surface area contributed by atoms with E-state index in [1.54, 1.807) is 0 Å². The third kappa shape index (κ3) is 5.28. The monoisotopic (exact) mass is 412 g/mol. The van der Waals surface area contributed by atoms with E-state index in [0.717, 1.165) is 28.2 Å². The Hall–Kier alpha value is -2.57. The van der Waals surface area contributed by atoms with E-state index in [1.165, 1.54) is 11.5 Å². The maximum Gasteiger partial charge on any atom is 0.285 e. The highest BCUT2D eigenvalue weighted by atomic mass is 32.1. The molecule has 0 amide bonds. The number of rotatable bonds is 8. The predicted molar refractivity (Wildman–Crippen MR) is 120 cm³/mol. The topological polar surface area (TPSA) is 63.5 Å². The summed E-state index contributed by atoms with van der Waals surface area (Å²) < 4.78 is 7.59. The van der Waals surface area contributed by atoms with Gasteiger partial charge in [0.1, 0.15) is 11.4 Å². The molecule has 29 heavy (non-hydrogen) atoms. The first kappa shape index (κ1) is 21.1. The van der Waals surface area contributed by atoms with Crippen LogP contribution in [0.15, 0.2) is 59.4 Å². The van der Waals surface area contributed by atoms with E-state index in [9.17, 15) is 9.90 Å². The molecule has 0 bridgehead atoms. The van der Waals surface area contributed by atoms with Crippen LogP contribution in [-0.2, 0) is 12.1 Å². The van der Waals surface area contributed by atoms with E-state index in [2.05, 4.69) is 5.32 Å². The van der Waals surface area contributed by atoms with Crippen LogP contribution in [0.2, 0.25) is 0 Å². The zero-order valence-corrected chi connectivity index (χ0v) is 18.0. The Morgan fingerprint density at radius 2 is 1.86 bits per heavy atom. The molecule has 0 radical (unpaired) electrons. The van der Waals surface area contributed by atoms with Crippen molar-refractivity contribution in [1.29, 1.82) is 0 Å². The van der Waals surface area contributed by atoms with Crippen molar-refractivity contribution in [1.82, 2.24) is 3.96 Å². The van der Waals surface area contributed by atoms with Crippen molar-refractivity contribution in [2.45, 2.75) is 39.3 Å². The van der Waals surface area contributed by atoms with Crippen LogP contribution in [0.1, 0.15) is 32.8 Å². The predicted octanol–water partition coefficient (Wildman–Crippen LogP) is 4.71. The summed E-state index contributed by atoms with van der Waals surface area (Å²) in [4.78, 5) is 14.0. The van der Waals surface area contributed by atoms with Gasteiger partial charge in [0.2, 0.25) is 0 Å². The van der Waals surface area contributed by atoms with Gasteiger partial charge in [0, 0.05) is 6.54 Å². The Morgan fingerprint density at radius 1 is 1.10 bits per heavy atom. The third-order valence-corrected chi connectivity index (χ3v) is 5.94. The number of aliphatic hydroxyl groups is 1. The first-order valence-corrected chi connectivity index (χ1v) is 10.6. The number of benzene rings is 2. The quantitative estimate of drug-likeness (QED) is 0.526. The SMILES string of the molecule is CC(C)(C)n1sc(-c2ccccc2)c(NCCCOc2cccc(CO)c2)c1=O. The Labute approximate surface area is 175 Å². The van der Waals surface area contributed by atoms with Gasteiger partial charge in [-0.15, -0.1) is 0 Å². The van der Waals surface area contributed by atoms with Crippen molar-refractivity contribution < 1.29 is 9.84 Å². The summed E-state index contributed by atoms with van der Waals surface area (Å²) >= 11 is 1.50. The van der Waals surface area contributed by atoms with Crippen molar-refractivity contribution in [2.24, 2.45) is 0 Å². The highest BCUT2D eigenvalue weighted by Crippen LogP contribution is 2.33. The molecule has 3 aromatic rings. The molecule has 2 N–H and O–H groups in total. The summed E-state index contributed by atoms with van der Waals surface area (Å²) in [5, 5.41) is 12.5. The first-order chi connectivity index (χ1) is 13.9. The average molecular weight is 413 g/mol. The molecule has 2 aromatic carbocycles. The van der Waals surface area contributed by atoms with Gasteiger partial charge >= 0.3 is 0 Å². The Morgan fingerprint density at radius 3 is 2.55 bits per heavy atom. The number of hydrogen-bond acceptors (Lipinski definition) is 5. The van der Waals surface area contributed by atoms with E-state index in [-0.39, 0.29) is 17.7 Å². The smallest absolute Gasteiger partial charge is 0.285 e. The van der Waals surface area contributed by atoms with Crippen molar-refractivity contribution in [3.8, 4) is 16.2 Å². The summed E-state index contributed by atoms with van der Waals surface area (Å²) in [7, 11) is 0. The van der Waals surface area contributed by atoms with Crippen LogP contribution in [0.3, 0.4) is 0 Å². The van der Waals surface area contributed by atoms with E-state index in [0.29, 0.717) is 18.8 Å². The van der Waals surface area contributed by atoms with Gasteiger partial charge in [-0.3, -0.25) is 8.75 Å². The molecule has 6 heteroatoms. The van der Waals surface area contributed by atoms with Crippen molar-refractivity contribution in [3.63, 3.8) is 0 Å². The molecular formula is C23H28N2O3S. The second kappa shape index (κ2) is 9.29. The molecular weight excluding hydrogens is 384 g/mol. The fourth-order valence-corrected chi connectivity index (χ4v) is 4.09. The van der Waals surface area contributed by atoms with Crippen LogP contribution in [0, 0.1) is 0 Å². The molecule has 154 valence electrons. The Bertz CT molecular complexity index is 987. The lowest BCUT2D eigenvalue weighted by Gasteiger charge is -2.18. The molecule has 0 unspecified atom stereocenters. The number of nitrogens with zero attached hydrogens (tertiary/aromatic N) is 1. The normalized spacial score (nSPS) is 11.4. The van der Waals surface area contributed by atoms with Gasteiger partial charge < -0.3 is 15.2 Å². The molecule has 0 spiro atoms. The summed E-state index contributed by atoms with van der Waals surface area (Å²) in [6.45, 7) is 7.28. The van der Waals surface area contributed by atoms with Crippen LogP contribution >= 0.6 is 11.5 Å². The number of aromatic nitrogens is 1.